The highest BCUT2D eigenvalue weighted by atomic mass is 32.2. The van der Waals surface area contributed by atoms with Crippen molar-refractivity contribution in [1.29, 1.82) is 0 Å². The topological polar surface area (TPSA) is 75.6 Å². The molecule has 0 spiro atoms. The van der Waals surface area contributed by atoms with E-state index in [4.69, 9.17) is 4.74 Å². The van der Waals surface area contributed by atoms with E-state index in [9.17, 15) is 14.7 Å². The van der Waals surface area contributed by atoms with E-state index in [2.05, 4.69) is 5.32 Å². The lowest BCUT2D eigenvalue weighted by molar-refractivity contribution is 0.0455. The van der Waals surface area contributed by atoms with Crippen molar-refractivity contribution in [3.63, 3.8) is 0 Å². The van der Waals surface area contributed by atoms with Crippen molar-refractivity contribution in [1.82, 2.24) is 5.32 Å². The SMILES string of the molecule is CC(C)(C)OC(=O)N[C@@H]1CCC(SC(=O)c2ccccc2)[C@H](O)C1. The Bertz CT molecular complexity index is 570. The minimum Gasteiger partial charge on any atom is -0.444 e. The number of alkyl carbamates (subject to hydrolysis) is 1. The molecule has 2 rings (SSSR count). The summed E-state index contributed by atoms with van der Waals surface area (Å²) in [6, 6.07) is 8.94. The van der Waals surface area contributed by atoms with Gasteiger partial charge in [0.2, 0.25) is 5.12 Å². The zero-order valence-corrected chi connectivity index (χ0v) is 15.1. The first kappa shape index (κ1) is 18.8. The van der Waals surface area contributed by atoms with Crippen LogP contribution < -0.4 is 5.32 Å². The van der Waals surface area contributed by atoms with Gasteiger partial charge in [0.05, 0.1) is 6.10 Å². The molecule has 1 fully saturated rings. The van der Waals surface area contributed by atoms with Crippen LogP contribution in [-0.2, 0) is 4.74 Å². The van der Waals surface area contributed by atoms with Gasteiger partial charge in [-0.25, -0.2) is 4.79 Å². The Morgan fingerprint density at radius 2 is 1.88 bits per heavy atom. The third-order valence-corrected chi connectivity index (χ3v) is 5.05. The molecule has 6 heteroatoms. The number of thioether (sulfide) groups is 1. The van der Waals surface area contributed by atoms with Crippen molar-refractivity contribution in [2.75, 3.05) is 0 Å². The number of aliphatic hydroxyl groups excluding tert-OH is 1. The van der Waals surface area contributed by atoms with Crippen LogP contribution in [0.4, 0.5) is 4.79 Å². The van der Waals surface area contributed by atoms with E-state index in [1.165, 1.54) is 11.8 Å². The van der Waals surface area contributed by atoms with E-state index in [0.29, 0.717) is 18.4 Å². The Kier molecular flexibility index (Phi) is 6.29. The molecule has 24 heavy (non-hydrogen) atoms. The van der Waals surface area contributed by atoms with Crippen LogP contribution in [0.15, 0.2) is 30.3 Å². The molecule has 1 amide bonds. The van der Waals surface area contributed by atoms with Crippen LogP contribution in [0.3, 0.4) is 0 Å². The second-order valence-corrected chi connectivity index (χ2v) is 8.25. The van der Waals surface area contributed by atoms with Gasteiger partial charge in [-0.05, 0) is 40.0 Å². The highest BCUT2D eigenvalue weighted by Crippen LogP contribution is 2.31. The smallest absolute Gasteiger partial charge is 0.407 e. The number of carbonyl (C=O) groups excluding carboxylic acids is 2. The molecular weight excluding hydrogens is 326 g/mol. The second-order valence-electron chi connectivity index (χ2n) is 7.03. The molecule has 0 saturated heterocycles. The molecule has 0 bridgehead atoms. The largest absolute Gasteiger partial charge is 0.444 e. The fourth-order valence-electron chi connectivity index (χ4n) is 2.64. The highest BCUT2D eigenvalue weighted by molar-refractivity contribution is 8.14. The van der Waals surface area contributed by atoms with Crippen LogP contribution in [0.5, 0.6) is 0 Å². The van der Waals surface area contributed by atoms with E-state index in [1.807, 2.05) is 39.0 Å². The van der Waals surface area contributed by atoms with E-state index in [1.54, 1.807) is 12.1 Å². The van der Waals surface area contributed by atoms with Gasteiger partial charge >= 0.3 is 6.09 Å². The van der Waals surface area contributed by atoms with Gasteiger partial charge < -0.3 is 15.2 Å². The zero-order chi connectivity index (χ0) is 17.7. The van der Waals surface area contributed by atoms with Crippen LogP contribution in [0, 0.1) is 0 Å². The molecule has 1 aliphatic carbocycles. The van der Waals surface area contributed by atoms with Gasteiger partial charge in [-0.3, -0.25) is 4.79 Å². The standard InChI is InChI=1S/C18H25NO4S/c1-18(2,3)23-17(22)19-13-9-10-15(14(20)11-13)24-16(21)12-7-5-4-6-8-12/h4-8,13-15,20H,9-11H2,1-3H3,(H,19,22)/t13-,14-,15?/m1/s1. The Balaban J connectivity index is 1.82. The van der Waals surface area contributed by atoms with Crippen molar-refractivity contribution in [3.8, 4) is 0 Å². The van der Waals surface area contributed by atoms with Gasteiger partial charge in [0.1, 0.15) is 5.60 Å². The molecule has 5 nitrogen and oxygen atoms in total. The molecule has 0 aliphatic heterocycles. The Hall–Kier alpha value is -1.53. The van der Waals surface area contributed by atoms with E-state index in [-0.39, 0.29) is 16.4 Å². The van der Waals surface area contributed by atoms with Crippen LogP contribution in [0.1, 0.15) is 50.4 Å². The molecule has 1 aromatic carbocycles. The molecule has 0 aromatic heterocycles. The molecule has 132 valence electrons. The van der Waals surface area contributed by atoms with E-state index < -0.39 is 17.8 Å². The first-order valence-corrected chi connectivity index (χ1v) is 9.06. The van der Waals surface area contributed by atoms with Crippen LogP contribution in [-0.4, -0.2) is 39.3 Å². The van der Waals surface area contributed by atoms with Gasteiger partial charge in [-0.2, -0.15) is 0 Å². The minimum absolute atomic E-state index is 0.0294. The van der Waals surface area contributed by atoms with Crippen molar-refractivity contribution < 1.29 is 19.4 Å². The normalized spacial score (nSPS) is 24.2. The maximum atomic E-state index is 12.2. The summed E-state index contributed by atoms with van der Waals surface area (Å²) >= 11 is 1.18. The van der Waals surface area contributed by atoms with Gasteiger partial charge in [0.25, 0.3) is 0 Å². The average molecular weight is 351 g/mol. The maximum Gasteiger partial charge on any atom is 0.407 e. The predicted molar refractivity (Wildman–Crippen MR) is 95.2 cm³/mol. The maximum absolute atomic E-state index is 12.2. The number of carbonyl (C=O) groups is 2. The predicted octanol–water partition coefficient (Wildman–Crippen LogP) is 3.37. The van der Waals surface area contributed by atoms with Gasteiger partial charge in [-0.15, -0.1) is 0 Å². The number of benzene rings is 1. The van der Waals surface area contributed by atoms with E-state index >= 15 is 0 Å². The number of ether oxygens (including phenoxy) is 1. The summed E-state index contributed by atoms with van der Waals surface area (Å²) in [5, 5.41) is 12.9. The lowest BCUT2D eigenvalue weighted by Gasteiger charge is -2.33. The number of rotatable bonds is 3. The molecule has 0 radical (unpaired) electrons. The number of hydrogen-bond donors (Lipinski definition) is 2. The first-order valence-electron chi connectivity index (χ1n) is 8.18. The number of amides is 1. The van der Waals surface area contributed by atoms with Crippen molar-refractivity contribution in [2.24, 2.45) is 0 Å². The highest BCUT2D eigenvalue weighted by Gasteiger charge is 2.32. The molecule has 2 N–H and O–H groups in total. The summed E-state index contributed by atoms with van der Waals surface area (Å²) in [6.45, 7) is 5.43. The van der Waals surface area contributed by atoms with Gasteiger partial charge in [0, 0.05) is 16.9 Å². The van der Waals surface area contributed by atoms with Crippen molar-refractivity contribution in [2.45, 2.75) is 63.0 Å². The lowest BCUT2D eigenvalue weighted by atomic mass is 9.92. The van der Waals surface area contributed by atoms with Crippen LogP contribution in [0.25, 0.3) is 0 Å². The first-order chi connectivity index (χ1) is 11.2. The Morgan fingerprint density at radius 3 is 2.46 bits per heavy atom. The molecule has 1 saturated carbocycles. The summed E-state index contributed by atoms with van der Waals surface area (Å²) in [5.41, 5.74) is 0.0985. The fourth-order valence-corrected chi connectivity index (χ4v) is 3.71. The number of aliphatic hydroxyl groups is 1. The van der Waals surface area contributed by atoms with Gasteiger partial charge in [0.15, 0.2) is 0 Å². The monoisotopic (exact) mass is 351 g/mol. The third kappa shape index (κ3) is 5.83. The van der Waals surface area contributed by atoms with Crippen molar-refractivity contribution in [3.05, 3.63) is 35.9 Å². The zero-order valence-electron chi connectivity index (χ0n) is 14.3. The fraction of sp³-hybridized carbons (Fsp3) is 0.556. The Morgan fingerprint density at radius 1 is 1.21 bits per heavy atom. The molecule has 1 unspecified atom stereocenters. The third-order valence-electron chi connectivity index (χ3n) is 3.74. The summed E-state index contributed by atoms with van der Waals surface area (Å²) in [7, 11) is 0. The number of nitrogens with one attached hydrogen (secondary N) is 1. The average Bonchev–Trinajstić information content (AvgIpc) is 2.49. The quantitative estimate of drug-likeness (QED) is 0.873. The Labute approximate surface area is 147 Å². The molecule has 0 heterocycles. The van der Waals surface area contributed by atoms with Gasteiger partial charge in [-0.1, -0.05) is 42.1 Å². The number of hydrogen-bond acceptors (Lipinski definition) is 5. The van der Waals surface area contributed by atoms with Crippen molar-refractivity contribution >= 4 is 23.0 Å². The molecule has 1 aromatic rings. The molecular formula is C18H25NO4S. The van der Waals surface area contributed by atoms with Crippen LogP contribution in [0.2, 0.25) is 0 Å². The molecule has 1 aliphatic rings. The second kappa shape index (κ2) is 8.03. The summed E-state index contributed by atoms with van der Waals surface area (Å²) in [5.74, 6) is 0. The summed E-state index contributed by atoms with van der Waals surface area (Å²) < 4.78 is 5.23. The summed E-state index contributed by atoms with van der Waals surface area (Å²) in [4.78, 5) is 24.0. The van der Waals surface area contributed by atoms with Crippen LogP contribution >= 0.6 is 11.8 Å². The minimum atomic E-state index is -0.628. The lowest BCUT2D eigenvalue weighted by Crippen LogP contribution is -2.45. The summed E-state index contributed by atoms with van der Waals surface area (Å²) in [6.07, 6.45) is 0.724. The molecule has 3 atom stereocenters. The van der Waals surface area contributed by atoms with E-state index in [0.717, 1.165) is 6.42 Å².